The Labute approximate surface area is 163 Å². The zero-order valence-electron chi connectivity index (χ0n) is 13.2. The Balaban J connectivity index is 2.05. The van der Waals surface area contributed by atoms with Gasteiger partial charge in [0.25, 0.3) is 15.7 Å². The molecule has 0 atom stereocenters. The Morgan fingerprint density at radius 1 is 1.04 bits per heavy atom. The van der Waals surface area contributed by atoms with Crippen LogP contribution in [0.1, 0.15) is 9.75 Å². The summed E-state index contributed by atoms with van der Waals surface area (Å²) in [5.41, 5.74) is -0.528. The molecule has 0 fully saturated rings. The molecule has 2 aromatic heterocycles. The van der Waals surface area contributed by atoms with Gasteiger partial charge in [-0.3, -0.25) is 10.1 Å². The quantitative estimate of drug-likeness (QED) is 0.401. The van der Waals surface area contributed by atoms with E-state index in [0.717, 1.165) is 15.8 Å². The van der Waals surface area contributed by atoms with E-state index in [9.17, 15) is 18.5 Å². The first-order chi connectivity index (χ1) is 12.4. The van der Waals surface area contributed by atoms with Gasteiger partial charge in [-0.05, 0) is 35.0 Å². The van der Waals surface area contributed by atoms with Crippen LogP contribution in [0.5, 0.6) is 0 Å². The number of rotatable bonds is 7. The molecule has 0 aliphatic heterocycles. The summed E-state index contributed by atoms with van der Waals surface area (Å²) in [6.45, 7) is 0.273. The van der Waals surface area contributed by atoms with Crippen LogP contribution >= 0.6 is 34.3 Å². The minimum Gasteiger partial charge on any atom is -0.258 e. The second kappa shape index (κ2) is 7.85. The van der Waals surface area contributed by atoms with E-state index >= 15 is 0 Å². The molecule has 3 aromatic rings. The number of thiophene rings is 2. The van der Waals surface area contributed by atoms with Crippen LogP contribution in [0.4, 0.5) is 5.69 Å². The molecule has 0 N–H and O–H groups in total. The summed E-state index contributed by atoms with van der Waals surface area (Å²) in [6, 6.07) is 10.9. The minimum absolute atomic E-state index is 0.110. The van der Waals surface area contributed by atoms with Crippen LogP contribution < -0.4 is 0 Å². The fraction of sp³-hybridized carbons (Fsp3) is 0.125. The molecule has 6 nitrogen and oxygen atoms in total. The van der Waals surface area contributed by atoms with Gasteiger partial charge < -0.3 is 0 Å². The first-order valence-corrected chi connectivity index (χ1v) is 10.9. The van der Waals surface area contributed by atoms with E-state index in [-0.39, 0.29) is 23.0 Å². The van der Waals surface area contributed by atoms with Crippen molar-refractivity contribution in [2.24, 2.45) is 0 Å². The number of nitrogens with zero attached hydrogens (tertiary/aromatic N) is 2. The number of nitro groups is 1. The van der Waals surface area contributed by atoms with Crippen molar-refractivity contribution in [3.8, 4) is 0 Å². The molecule has 0 amide bonds. The van der Waals surface area contributed by atoms with Crippen LogP contribution in [-0.2, 0) is 23.1 Å². The van der Waals surface area contributed by atoms with Gasteiger partial charge in [0.1, 0.15) is 0 Å². The summed E-state index contributed by atoms with van der Waals surface area (Å²) in [6.07, 6.45) is 0. The average molecular weight is 429 g/mol. The van der Waals surface area contributed by atoms with Crippen molar-refractivity contribution in [2.75, 3.05) is 0 Å². The zero-order chi connectivity index (χ0) is 18.7. The van der Waals surface area contributed by atoms with Crippen LogP contribution in [0.3, 0.4) is 0 Å². The molecule has 0 unspecified atom stereocenters. The van der Waals surface area contributed by atoms with Gasteiger partial charge in [0.2, 0.25) is 0 Å². The first-order valence-electron chi connectivity index (χ1n) is 7.37. The van der Waals surface area contributed by atoms with Gasteiger partial charge in [-0.1, -0.05) is 23.7 Å². The summed E-state index contributed by atoms with van der Waals surface area (Å²) in [5, 5.41) is 15.2. The molecule has 0 saturated heterocycles. The molecule has 0 spiro atoms. The van der Waals surface area contributed by atoms with E-state index in [4.69, 9.17) is 11.6 Å². The molecule has 0 saturated carbocycles. The fourth-order valence-corrected chi connectivity index (χ4v) is 5.67. The minimum atomic E-state index is -4.10. The lowest BCUT2D eigenvalue weighted by atomic mass is 10.3. The molecule has 3 rings (SSSR count). The monoisotopic (exact) mass is 428 g/mol. The van der Waals surface area contributed by atoms with Crippen molar-refractivity contribution >= 4 is 50.0 Å². The molecule has 0 bridgehead atoms. The van der Waals surface area contributed by atoms with Gasteiger partial charge in [0.15, 0.2) is 4.90 Å². The van der Waals surface area contributed by atoms with E-state index in [1.165, 1.54) is 39.1 Å². The predicted octanol–water partition coefficient (Wildman–Crippen LogP) is 4.76. The topological polar surface area (TPSA) is 80.5 Å². The highest BCUT2D eigenvalue weighted by Crippen LogP contribution is 2.32. The summed E-state index contributed by atoms with van der Waals surface area (Å²) < 4.78 is 27.7. The van der Waals surface area contributed by atoms with Crippen molar-refractivity contribution in [3.63, 3.8) is 0 Å². The molecular weight excluding hydrogens is 416 g/mol. The maximum absolute atomic E-state index is 13.2. The van der Waals surface area contributed by atoms with Crippen LogP contribution in [0.2, 0.25) is 5.02 Å². The fourth-order valence-electron chi connectivity index (χ4n) is 2.37. The largest absolute Gasteiger partial charge is 0.290 e. The number of benzene rings is 1. The molecule has 0 radical (unpaired) electrons. The van der Waals surface area contributed by atoms with Crippen molar-refractivity contribution < 1.29 is 13.3 Å². The third-order valence-corrected chi connectivity index (χ3v) is 7.36. The Kier molecular flexibility index (Phi) is 5.73. The van der Waals surface area contributed by atoms with Crippen LogP contribution in [0.25, 0.3) is 0 Å². The lowest BCUT2D eigenvalue weighted by molar-refractivity contribution is -0.387. The van der Waals surface area contributed by atoms with Gasteiger partial charge in [-0.25, -0.2) is 8.42 Å². The zero-order valence-corrected chi connectivity index (χ0v) is 16.4. The number of hydrogen-bond acceptors (Lipinski definition) is 6. The van der Waals surface area contributed by atoms with Crippen LogP contribution in [0.15, 0.2) is 58.1 Å². The van der Waals surface area contributed by atoms with Gasteiger partial charge in [-0.15, -0.1) is 22.7 Å². The van der Waals surface area contributed by atoms with Crippen molar-refractivity contribution in [2.45, 2.75) is 18.0 Å². The number of nitro benzene ring substituents is 1. The maximum atomic E-state index is 13.2. The molecule has 0 aliphatic carbocycles. The highest BCUT2D eigenvalue weighted by atomic mass is 35.5. The van der Waals surface area contributed by atoms with E-state index in [0.29, 0.717) is 0 Å². The van der Waals surface area contributed by atoms with Crippen LogP contribution in [0, 0.1) is 10.1 Å². The summed E-state index contributed by atoms with van der Waals surface area (Å²) in [7, 11) is -4.10. The van der Waals surface area contributed by atoms with Gasteiger partial charge in [0, 0.05) is 33.9 Å². The van der Waals surface area contributed by atoms with Gasteiger partial charge >= 0.3 is 0 Å². The standard InChI is InChI=1S/C16H13ClN2O4S3/c17-12-5-6-16(15(9-12)19(20)21)26(22,23)18(10-13-3-1-7-24-13)11-14-4-2-8-25-14/h1-9H,10-11H2. The normalized spacial score (nSPS) is 11.8. The number of sulfonamides is 1. The average Bonchev–Trinajstić information content (AvgIpc) is 3.27. The summed E-state index contributed by atoms with van der Waals surface area (Å²) in [5.74, 6) is 0. The van der Waals surface area contributed by atoms with Crippen molar-refractivity contribution in [3.05, 3.63) is 78.1 Å². The first kappa shape index (κ1) is 19.0. The summed E-state index contributed by atoms with van der Waals surface area (Å²) in [4.78, 5) is 12.0. The highest BCUT2D eigenvalue weighted by molar-refractivity contribution is 7.89. The lowest BCUT2D eigenvalue weighted by Crippen LogP contribution is -2.30. The molecule has 136 valence electrons. The van der Waals surface area contributed by atoms with E-state index in [1.54, 1.807) is 0 Å². The van der Waals surface area contributed by atoms with Crippen LogP contribution in [-0.4, -0.2) is 17.6 Å². The van der Waals surface area contributed by atoms with E-state index in [1.807, 2.05) is 35.0 Å². The SMILES string of the molecule is O=[N+]([O-])c1cc(Cl)ccc1S(=O)(=O)N(Cc1cccs1)Cc1cccs1. The lowest BCUT2D eigenvalue weighted by Gasteiger charge is -2.21. The summed E-state index contributed by atoms with van der Waals surface area (Å²) >= 11 is 8.67. The molecular formula is C16H13ClN2O4S3. The Hall–Kier alpha value is -1.78. The second-order valence-electron chi connectivity index (χ2n) is 5.30. The Morgan fingerprint density at radius 2 is 1.62 bits per heavy atom. The van der Waals surface area contributed by atoms with E-state index in [2.05, 4.69) is 0 Å². The number of hydrogen-bond donors (Lipinski definition) is 0. The second-order valence-corrected chi connectivity index (χ2v) is 9.71. The predicted molar refractivity (Wildman–Crippen MR) is 103 cm³/mol. The Morgan fingerprint density at radius 3 is 2.08 bits per heavy atom. The van der Waals surface area contributed by atoms with Crippen molar-refractivity contribution in [1.29, 1.82) is 0 Å². The van der Waals surface area contributed by atoms with Gasteiger partial charge in [0.05, 0.1) is 4.92 Å². The molecule has 2 heterocycles. The Bertz CT molecular complexity index is 966. The van der Waals surface area contributed by atoms with Gasteiger partial charge in [-0.2, -0.15) is 4.31 Å². The number of halogens is 1. The molecule has 10 heteroatoms. The third kappa shape index (κ3) is 4.13. The highest BCUT2D eigenvalue weighted by Gasteiger charge is 2.32. The van der Waals surface area contributed by atoms with E-state index < -0.39 is 20.6 Å². The smallest absolute Gasteiger partial charge is 0.258 e. The maximum Gasteiger partial charge on any atom is 0.290 e. The van der Waals surface area contributed by atoms with Crippen molar-refractivity contribution in [1.82, 2.24) is 4.31 Å². The molecule has 26 heavy (non-hydrogen) atoms. The molecule has 0 aliphatic rings. The third-order valence-electron chi connectivity index (χ3n) is 3.56. The molecule has 1 aromatic carbocycles.